The average Bonchev–Trinajstić information content (AvgIpc) is 2.54. The van der Waals surface area contributed by atoms with Gasteiger partial charge in [-0.15, -0.1) is 0 Å². The van der Waals surface area contributed by atoms with E-state index in [1.165, 1.54) is 0 Å². The normalized spacial score (nSPS) is 22.5. The average molecular weight is 283 g/mol. The number of aliphatic hydroxyl groups is 1. The number of rotatable bonds is 2. The van der Waals surface area contributed by atoms with Gasteiger partial charge in [0.1, 0.15) is 0 Å². The number of likely N-dealkylation sites (tertiary alicyclic amines) is 1. The van der Waals surface area contributed by atoms with Crippen LogP contribution < -0.4 is 0 Å². The summed E-state index contributed by atoms with van der Waals surface area (Å²) in [5.74, 6) is 0.289. The smallest absolute Gasteiger partial charge is 0.254 e. The summed E-state index contributed by atoms with van der Waals surface area (Å²) in [6.07, 6.45) is 1.96. The lowest BCUT2D eigenvalue weighted by Crippen LogP contribution is -2.46. The number of benzene rings is 2. The van der Waals surface area contributed by atoms with E-state index in [0.717, 1.165) is 29.2 Å². The molecule has 3 nitrogen and oxygen atoms in total. The van der Waals surface area contributed by atoms with E-state index >= 15 is 0 Å². The molecule has 1 fully saturated rings. The molecule has 2 aromatic rings. The number of hydrogen-bond donors (Lipinski definition) is 1. The van der Waals surface area contributed by atoms with Gasteiger partial charge in [0, 0.05) is 24.8 Å². The molecule has 0 spiro atoms. The molecule has 0 aromatic heterocycles. The molecule has 1 N–H and O–H groups in total. The fourth-order valence-corrected chi connectivity index (χ4v) is 3.10. The largest absolute Gasteiger partial charge is 0.396 e. The molecule has 21 heavy (non-hydrogen) atoms. The quantitative estimate of drug-likeness (QED) is 0.920. The Labute approximate surface area is 125 Å². The molecule has 0 bridgehead atoms. The Kier molecular flexibility index (Phi) is 3.93. The van der Waals surface area contributed by atoms with Gasteiger partial charge in [-0.05, 0) is 48.6 Å². The minimum atomic E-state index is 0.0754. The number of nitrogens with zero attached hydrogens (tertiary/aromatic N) is 1. The zero-order valence-electron chi connectivity index (χ0n) is 12.3. The van der Waals surface area contributed by atoms with Gasteiger partial charge in [-0.25, -0.2) is 0 Å². The second-order valence-corrected chi connectivity index (χ2v) is 5.99. The highest BCUT2D eigenvalue weighted by molar-refractivity contribution is 5.98. The van der Waals surface area contributed by atoms with Crippen molar-refractivity contribution >= 4 is 16.7 Å². The predicted molar refractivity (Wildman–Crippen MR) is 84.3 cm³/mol. The first-order valence-corrected chi connectivity index (χ1v) is 7.59. The van der Waals surface area contributed by atoms with Crippen LogP contribution in [-0.4, -0.2) is 35.1 Å². The van der Waals surface area contributed by atoms with Crippen LogP contribution in [0.15, 0.2) is 42.5 Å². The predicted octanol–water partition coefficient (Wildman–Crippen LogP) is 3.07. The van der Waals surface area contributed by atoms with Gasteiger partial charge in [0.25, 0.3) is 5.91 Å². The van der Waals surface area contributed by atoms with E-state index in [1.54, 1.807) is 0 Å². The molecule has 0 aliphatic carbocycles. The van der Waals surface area contributed by atoms with Crippen molar-refractivity contribution in [2.75, 3.05) is 13.2 Å². The highest BCUT2D eigenvalue weighted by Crippen LogP contribution is 2.24. The molecule has 1 heterocycles. The lowest BCUT2D eigenvalue weighted by molar-refractivity contribution is 0.0489. The van der Waals surface area contributed by atoms with Crippen molar-refractivity contribution in [3.63, 3.8) is 0 Å². The maximum atomic E-state index is 12.8. The molecule has 3 heteroatoms. The molecule has 1 aliphatic heterocycles. The maximum absolute atomic E-state index is 12.8. The Hall–Kier alpha value is -1.87. The molecule has 1 saturated heterocycles. The van der Waals surface area contributed by atoms with Crippen molar-refractivity contribution in [2.45, 2.75) is 25.8 Å². The molecule has 1 aliphatic rings. The van der Waals surface area contributed by atoms with Gasteiger partial charge in [0.15, 0.2) is 0 Å². The van der Waals surface area contributed by atoms with Gasteiger partial charge in [0.05, 0.1) is 0 Å². The summed E-state index contributed by atoms with van der Waals surface area (Å²) in [4.78, 5) is 14.7. The fourth-order valence-electron chi connectivity index (χ4n) is 3.10. The zero-order chi connectivity index (χ0) is 14.8. The van der Waals surface area contributed by atoms with Crippen molar-refractivity contribution in [3.8, 4) is 0 Å². The molecule has 2 aromatic carbocycles. The van der Waals surface area contributed by atoms with Crippen molar-refractivity contribution in [2.24, 2.45) is 5.92 Å². The third-order valence-corrected chi connectivity index (χ3v) is 4.50. The van der Waals surface area contributed by atoms with E-state index in [0.29, 0.717) is 6.54 Å². The molecule has 0 saturated carbocycles. The van der Waals surface area contributed by atoms with Crippen LogP contribution in [0.5, 0.6) is 0 Å². The Morgan fingerprint density at radius 1 is 1.19 bits per heavy atom. The number of hydrogen-bond acceptors (Lipinski definition) is 2. The molecule has 2 unspecified atom stereocenters. The summed E-state index contributed by atoms with van der Waals surface area (Å²) in [5.41, 5.74) is 0.735. The van der Waals surface area contributed by atoms with Gasteiger partial charge >= 0.3 is 0 Å². The van der Waals surface area contributed by atoms with Crippen molar-refractivity contribution in [1.29, 1.82) is 0 Å². The van der Waals surface area contributed by atoms with E-state index in [9.17, 15) is 9.90 Å². The third kappa shape index (κ3) is 2.79. The van der Waals surface area contributed by atoms with E-state index in [4.69, 9.17) is 0 Å². The molecule has 3 rings (SSSR count). The fraction of sp³-hybridized carbons (Fsp3) is 0.389. The minimum Gasteiger partial charge on any atom is -0.396 e. The number of aliphatic hydroxyl groups excluding tert-OH is 1. The first-order valence-electron chi connectivity index (χ1n) is 7.59. The number of carbonyl (C=O) groups excluding carboxylic acids is 1. The summed E-state index contributed by atoms with van der Waals surface area (Å²) in [6.45, 7) is 2.91. The minimum absolute atomic E-state index is 0.0754. The second kappa shape index (κ2) is 5.86. The Bertz CT molecular complexity index is 652. The molecule has 1 amide bonds. The molecular formula is C18H21NO2. The molecule has 2 atom stereocenters. The van der Waals surface area contributed by atoms with Crippen molar-refractivity contribution in [1.82, 2.24) is 4.90 Å². The van der Waals surface area contributed by atoms with Crippen LogP contribution in [0.2, 0.25) is 0 Å². The standard InChI is InChI=1S/C18H21NO2/c1-13-6-7-14(12-20)11-19(13)18(21)17-9-8-15-4-2-3-5-16(15)10-17/h2-5,8-10,13-14,20H,6-7,11-12H2,1H3. The summed E-state index contributed by atoms with van der Waals surface area (Å²) in [5, 5.41) is 11.6. The first kappa shape index (κ1) is 14.1. The van der Waals surface area contributed by atoms with Gasteiger partial charge < -0.3 is 10.0 Å². The number of fused-ring (bicyclic) bond motifs is 1. The monoisotopic (exact) mass is 283 g/mol. The Morgan fingerprint density at radius 3 is 2.71 bits per heavy atom. The summed E-state index contributed by atoms with van der Waals surface area (Å²) >= 11 is 0. The van der Waals surface area contributed by atoms with Gasteiger partial charge in [-0.3, -0.25) is 4.79 Å². The Balaban J connectivity index is 1.88. The highest BCUT2D eigenvalue weighted by Gasteiger charge is 2.29. The number of amides is 1. The number of carbonyl (C=O) groups is 1. The second-order valence-electron chi connectivity index (χ2n) is 5.99. The maximum Gasteiger partial charge on any atom is 0.254 e. The van der Waals surface area contributed by atoms with E-state index in [-0.39, 0.29) is 24.5 Å². The molecular weight excluding hydrogens is 262 g/mol. The first-order chi connectivity index (χ1) is 10.2. The number of piperidine rings is 1. The van der Waals surface area contributed by atoms with Crippen LogP contribution in [0.3, 0.4) is 0 Å². The molecule has 0 radical (unpaired) electrons. The van der Waals surface area contributed by atoms with Crippen LogP contribution in [-0.2, 0) is 0 Å². The van der Waals surface area contributed by atoms with Crippen LogP contribution >= 0.6 is 0 Å². The summed E-state index contributed by atoms with van der Waals surface area (Å²) < 4.78 is 0. The highest BCUT2D eigenvalue weighted by atomic mass is 16.3. The van der Waals surface area contributed by atoms with Crippen molar-refractivity contribution < 1.29 is 9.90 Å². The van der Waals surface area contributed by atoms with E-state index in [1.807, 2.05) is 41.3 Å². The van der Waals surface area contributed by atoms with Crippen LogP contribution in [0.4, 0.5) is 0 Å². The Morgan fingerprint density at radius 2 is 1.95 bits per heavy atom. The van der Waals surface area contributed by atoms with E-state index in [2.05, 4.69) is 13.0 Å². The van der Waals surface area contributed by atoms with Gasteiger partial charge in [0.2, 0.25) is 0 Å². The van der Waals surface area contributed by atoms with Gasteiger partial charge in [-0.2, -0.15) is 0 Å². The topological polar surface area (TPSA) is 40.5 Å². The van der Waals surface area contributed by atoms with Gasteiger partial charge in [-0.1, -0.05) is 30.3 Å². The lowest BCUT2D eigenvalue weighted by Gasteiger charge is -2.37. The molecule has 110 valence electrons. The van der Waals surface area contributed by atoms with Crippen LogP contribution in [0.1, 0.15) is 30.1 Å². The third-order valence-electron chi connectivity index (χ3n) is 4.50. The SMILES string of the molecule is CC1CCC(CO)CN1C(=O)c1ccc2ccccc2c1. The lowest BCUT2D eigenvalue weighted by atomic mass is 9.93. The van der Waals surface area contributed by atoms with Crippen LogP contribution in [0, 0.1) is 5.92 Å². The summed E-state index contributed by atoms with van der Waals surface area (Å²) in [6, 6.07) is 14.2. The zero-order valence-corrected chi connectivity index (χ0v) is 12.3. The summed E-state index contributed by atoms with van der Waals surface area (Å²) in [7, 11) is 0. The van der Waals surface area contributed by atoms with E-state index < -0.39 is 0 Å². The van der Waals surface area contributed by atoms with Crippen molar-refractivity contribution in [3.05, 3.63) is 48.0 Å². The van der Waals surface area contributed by atoms with Crippen LogP contribution in [0.25, 0.3) is 10.8 Å².